The molecule has 0 saturated heterocycles. The third-order valence-electron chi connectivity index (χ3n) is 14.0. The summed E-state index contributed by atoms with van der Waals surface area (Å²) in [5, 5.41) is 13.5. The Morgan fingerprint density at radius 1 is 0.519 bits per heavy atom. The number of carboxylic acids is 1. The van der Waals surface area contributed by atoms with Crippen LogP contribution in [0.3, 0.4) is 0 Å². The number of aryl methyl sites for hydroxylation is 2. The highest BCUT2D eigenvalue weighted by Crippen LogP contribution is 2.41. The summed E-state index contributed by atoms with van der Waals surface area (Å²) in [5.41, 5.74) is 6.11. The molecule has 2 atom stereocenters. The highest BCUT2D eigenvalue weighted by Gasteiger charge is 2.34. The third-order valence-corrected chi connectivity index (χ3v) is 16.8. The molecule has 6 aromatic carbocycles. The lowest BCUT2D eigenvalue weighted by molar-refractivity contribution is -0.120. The van der Waals surface area contributed by atoms with Crippen molar-refractivity contribution in [2.45, 2.75) is 88.1 Å². The number of carbonyl (C=O) groups is 4. The van der Waals surface area contributed by atoms with Crippen LogP contribution < -0.4 is 33.7 Å². The van der Waals surface area contributed by atoms with Crippen LogP contribution in [0.2, 0.25) is 0 Å². The largest absolute Gasteiger partial charge is 0.478 e. The van der Waals surface area contributed by atoms with Crippen LogP contribution in [0.15, 0.2) is 144 Å². The van der Waals surface area contributed by atoms with E-state index in [1.165, 1.54) is 30.3 Å². The van der Waals surface area contributed by atoms with E-state index in [1.807, 2.05) is 56.9 Å². The predicted octanol–water partition coefficient (Wildman–Crippen LogP) is 9.36. The Hall–Kier alpha value is -8.62. The number of ether oxygens (including phenoxy) is 4. The highest BCUT2D eigenvalue weighted by molar-refractivity contribution is 7.90. The normalized spacial score (nSPS) is 13.5. The Labute approximate surface area is 457 Å². The zero-order valence-corrected chi connectivity index (χ0v) is 46.0. The Balaban J connectivity index is 0.000000192. The van der Waals surface area contributed by atoms with Crippen LogP contribution in [-0.2, 0) is 42.7 Å². The van der Waals surface area contributed by atoms with Crippen LogP contribution in [0.4, 0.5) is 0 Å². The molecule has 2 aliphatic heterocycles. The number of hydrogen-bond acceptors (Lipinski definition) is 12. The number of aromatic nitrogens is 2. The monoisotopic (exact) mass is 1110 g/mol. The Kier molecular flexibility index (Phi) is 15.6. The number of fused-ring (bicyclic) bond motifs is 4. The van der Waals surface area contributed by atoms with E-state index in [2.05, 4.69) is 14.8 Å². The molecular formula is C59H59N5O13S2. The van der Waals surface area contributed by atoms with Gasteiger partial charge in [0.05, 0.1) is 27.2 Å². The van der Waals surface area contributed by atoms with Crippen molar-refractivity contribution >= 4 is 65.5 Å². The minimum absolute atomic E-state index is 0.000827. The van der Waals surface area contributed by atoms with Gasteiger partial charge in [-0.3, -0.25) is 14.4 Å². The van der Waals surface area contributed by atoms with Crippen molar-refractivity contribution in [3.05, 3.63) is 178 Å². The number of rotatable bonds is 16. The molecule has 410 valence electrons. The zero-order chi connectivity index (χ0) is 56.5. The van der Waals surface area contributed by atoms with Gasteiger partial charge in [0.2, 0.25) is 25.4 Å². The summed E-state index contributed by atoms with van der Waals surface area (Å²) < 4.78 is 83.5. The molecule has 79 heavy (non-hydrogen) atoms. The Morgan fingerprint density at radius 2 is 0.899 bits per heavy atom. The van der Waals surface area contributed by atoms with Gasteiger partial charge in [-0.1, -0.05) is 76.2 Å². The van der Waals surface area contributed by atoms with Gasteiger partial charge in [0.15, 0.2) is 23.0 Å². The fourth-order valence-corrected chi connectivity index (χ4v) is 11.7. The van der Waals surface area contributed by atoms with Crippen molar-refractivity contribution in [1.29, 1.82) is 0 Å². The van der Waals surface area contributed by atoms with Crippen molar-refractivity contribution in [1.82, 2.24) is 23.9 Å². The SMILES string of the molecule is CCn1cc(C(C(=O)NS(=O)(=O)c2ccc(C(C)C)cc2)c2ccc3c(c2)OCO3)c2ccc(C(=O)NC)cc21.CCn1cc(C(C(=O)NS(=O)(=O)c2ccc(C(C)C)cc2)c2ccc3c(c2)OCO3)c2ccc(C(=O)O)cc21. The number of carboxylic acid groups (broad SMARTS) is 1. The predicted molar refractivity (Wildman–Crippen MR) is 296 cm³/mol. The lowest BCUT2D eigenvalue weighted by atomic mass is 9.90. The molecule has 4 N–H and O–H groups in total. The molecule has 0 fully saturated rings. The fraction of sp³-hybridized carbons (Fsp3) is 0.254. The third kappa shape index (κ3) is 11.2. The fourth-order valence-electron chi connectivity index (χ4n) is 9.74. The first-order valence-corrected chi connectivity index (χ1v) is 28.5. The van der Waals surface area contributed by atoms with Gasteiger partial charge in [0.25, 0.3) is 26.0 Å². The molecule has 18 nitrogen and oxygen atoms in total. The number of nitrogens with one attached hydrogen (secondary N) is 3. The number of hydrogen-bond donors (Lipinski definition) is 4. The first kappa shape index (κ1) is 55.1. The van der Waals surface area contributed by atoms with Crippen LogP contribution >= 0.6 is 0 Å². The Morgan fingerprint density at radius 3 is 1.28 bits per heavy atom. The zero-order valence-electron chi connectivity index (χ0n) is 44.4. The number of benzene rings is 6. The van der Waals surface area contributed by atoms with Gasteiger partial charge in [-0.2, -0.15) is 0 Å². The van der Waals surface area contributed by atoms with Gasteiger partial charge in [-0.25, -0.2) is 31.1 Å². The van der Waals surface area contributed by atoms with E-state index in [0.717, 1.165) is 22.0 Å². The molecular weight excluding hydrogens is 1050 g/mol. The van der Waals surface area contributed by atoms with E-state index in [0.29, 0.717) is 74.8 Å². The lowest BCUT2D eigenvalue weighted by Gasteiger charge is -2.18. The number of carbonyl (C=O) groups excluding carboxylic acids is 3. The molecule has 0 bridgehead atoms. The first-order chi connectivity index (χ1) is 37.7. The van der Waals surface area contributed by atoms with Crippen molar-refractivity contribution in [2.24, 2.45) is 0 Å². The lowest BCUT2D eigenvalue weighted by Crippen LogP contribution is -2.35. The van der Waals surface area contributed by atoms with Crippen LogP contribution in [0.1, 0.15) is 119 Å². The number of aromatic carboxylic acids is 1. The molecule has 0 spiro atoms. The molecule has 2 aromatic heterocycles. The van der Waals surface area contributed by atoms with E-state index in [1.54, 1.807) is 104 Å². The van der Waals surface area contributed by atoms with E-state index in [-0.39, 0.29) is 46.7 Å². The smallest absolute Gasteiger partial charge is 0.335 e. The van der Waals surface area contributed by atoms with Gasteiger partial charge in [-0.05, 0) is 132 Å². The van der Waals surface area contributed by atoms with Crippen molar-refractivity contribution < 1.29 is 60.1 Å². The van der Waals surface area contributed by atoms with Crippen LogP contribution in [-0.4, -0.2) is 75.4 Å². The summed E-state index contributed by atoms with van der Waals surface area (Å²) in [7, 11) is -6.78. The first-order valence-electron chi connectivity index (χ1n) is 25.5. The average Bonchev–Trinajstić information content (AvgIpc) is 4.48. The van der Waals surface area contributed by atoms with Crippen molar-refractivity contribution in [3.63, 3.8) is 0 Å². The summed E-state index contributed by atoms with van der Waals surface area (Å²) in [6.07, 6.45) is 3.59. The van der Waals surface area contributed by atoms with Gasteiger partial charge in [0.1, 0.15) is 0 Å². The van der Waals surface area contributed by atoms with Gasteiger partial charge in [-0.15, -0.1) is 0 Å². The molecule has 0 saturated carbocycles. The minimum atomic E-state index is -4.18. The number of sulfonamides is 2. The summed E-state index contributed by atoms with van der Waals surface area (Å²) in [5.74, 6) is -2.34. The second-order valence-corrected chi connectivity index (χ2v) is 22.9. The molecule has 0 aliphatic carbocycles. The van der Waals surface area contributed by atoms with Crippen molar-refractivity contribution in [2.75, 3.05) is 20.6 Å². The summed E-state index contributed by atoms with van der Waals surface area (Å²) in [6, 6.07) is 33.0. The standard InChI is InChI=1S/C30H31N3O6S.C29H28N2O7S/c1-5-33-16-24(23-12-8-21(14-25(23)33)29(34)31-4)28(20-9-13-26-27(15-20)39-17-38-26)30(35)32-40(36,37)22-10-6-19(7-11-22)18(2)3;1-4-31-15-23(22-11-7-20(29(33)34)13-24(22)31)27(19-8-12-25-26(14-19)38-16-37-25)28(32)30-39(35,36)21-9-5-18(6-10-21)17(2)3/h6-16,18,28H,5,17H2,1-4H3,(H,31,34)(H,32,35);5-15,17,27H,4,16H2,1-3H3,(H,30,32)(H,33,34). The second-order valence-electron chi connectivity index (χ2n) is 19.6. The quantitative estimate of drug-likeness (QED) is 0.0706. The molecule has 0 radical (unpaired) electrons. The molecule has 2 aliphatic rings. The summed E-state index contributed by atoms with van der Waals surface area (Å²) in [6.45, 7) is 13.1. The number of amides is 3. The molecule has 20 heteroatoms. The average molecular weight is 1110 g/mol. The van der Waals surface area contributed by atoms with Crippen molar-refractivity contribution in [3.8, 4) is 23.0 Å². The van der Waals surface area contributed by atoms with Gasteiger partial charge in [0, 0.05) is 59.9 Å². The number of nitrogens with zero attached hydrogens (tertiary/aromatic N) is 2. The Bertz CT molecular complexity index is 3900. The van der Waals surface area contributed by atoms with Crippen LogP contribution in [0, 0.1) is 0 Å². The van der Waals surface area contributed by atoms with E-state index in [4.69, 9.17) is 18.9 Å². The maximum absolute atomic E-state index is 13.9. The van der Waals surface area contributed by atoms with Gasteiger partial charge < -0.3 is 38.5 Å². The van der Waals surface area contributed by atoms with Gasteiger partial charge >= 0.3 is 5.97 Å². The molecule has 10 rings (SSSR count). The van der Waals surface area contributed by atoms with Crippen LogP contribution in [0.25, 0.3) is 21.8 Å². The second kappa shape index (κ2) is 22.4. The van der Waals surface area contributed by atoms with E-state index >= 15 is 0 Å². The summed E-state index contributed by atoms with van der Waals surface area (Å²) >= 11 is 0. The topological polar surface area (TPSA) is 240 Å². The van der Waals surface area contributed by atoms with E-state index in [9.17, 15) is 41.1 Å². The maximum Gasteiger partial charge on any atom is 0.335 e. The highest BCUT2D eigenvalue weighted by atomic mass is 32.2. The molecule has 2 unspecified atom stereocenters. The summed E-state index contributed by atoms with van der Waals surface area (Å²) in [4.78, 5) is 51.7. The van der Waals surface area contributed by atoms with E-state index < -0.39 is 49.7 Å². The molecule has 4 heterocycles. The molecule has 3 amide bonds. The maximum atomic E-state index is 13.9. The minimum Gasteiger partial charge on any atom is -0.478 e. The molecule has 8 aromatic rings. The van der Waals surface area contributed by atoms with Crippen LogP contribution in [0.5, 0.6) is 23.0 Å².